The van der Waals surface area contributed by atoms with Crippen molar-refractivity contribution in [3.8, 4) is 0 Å². The largest absolute Gasteiger partial charge is 0.414 e. The van der Waals surface area contributed by atoms with Crippen molar-refractivity contribution >= 4 is 15.0 Å². The van der Waals surface area contributed by atoms with Crippen molar-refractivity contribution in [3.63, 3.8) is 0 Å². The van der Waals surface area contributed by atoms with E-state index in [-0.39, 0.29) is 0 Å². The summed E-state index contributed by atoms with van der Waals surface area (Å²) in [5.74, 6) is 0. The third-order valence-electron chi connectivity index (χ3n) is 3.95. The van der Waals surface area contributed by atoms with Crippen LogP contribution in [0.1, 0.15) is 34.1 Å². The number of allylic oxidation sites excluding steroid dienone is 1. The molecule has 0 saturated carbocycles. The van der Waals surface area contributed by atoms with E-state index in [1.807, 2.05) is 0 Å². The first-order chi connectivity index (χ1) is 8.83. The van der Waals surface area contributed by atoms with E-state index >= 15 is 0 Å². The quantitative estimate of drug-likeness (QED) is 0.590. The molecule has 0 unspecified atom stereocenters. The molecule has 0 heterocycles. The zero-order valence-corrected chi connectivity index (χ0v) is 15.5. The molecule has 0 aromatic rings. The number of nitrogens with zero attached hydrogens (tertiary/aromatic N) is 1. The highest BCUT2D eigenvalue weighted by molar-refractivity contribution is 6.81. The average molecular weight is 283 g/mol. The van der Waals surface area contributed by atoms with Crippen LogP contribution in [0.4, 0.5) is 0 Å². The molecule has 0 fully saturated rings. The van der Waals surface area contributed by atoms with Gasteiger partial charge >= 0.3 is 0 Å². The Bertz CT molecular complexity index is 286. The minimum atomic E-state index is -1.74. The molecule has 2 nitrogen and oxygen atoms in total. The number of hydrogen-bond donors (Lipinski definition) is 0. The van der Waals surface area contributed by atoms with Crippen LogP contribution in [0.3, 0.4) is 0 Å². The molecule has 0 amide bonds. The van der Waals surface area contributed by atoms with Crippen LogP contribution in [-0.4, -0.2) is 47.2 Å². The Balaban J connectivity index is 5.61. The lowest BCUT2D eigenvalue weighted by molar-refractivity contribution is 0.330. The molecule has 0 aromatic carbocycles. The first-order valence-corrected chi connectivity index (χ1v) is 10.8. The third kappa shape index (κ3) is 5.84. The zero-order chi connectivity index (χ0) is 15.1. The van der Waals surface area contributed by atoms with E-state index in [2.05, 4.69) is 59.8 Å². The topological polar surface area (TPSA) is 12.5 Å². The summed E-state index contributed by atoms with van der Waals surface area (Å²) >= 11 is 0. The standard InChI is InChI=1S/C15H34BNOSi/c1-9-14(16(10-2)11-3)15(13-17(5)6)19(7,8)18-12-4/h9-13H2,1-8H3/b15-14+. The lowest BCUT2D eigenvalue weighted by Gasteiger charge is -2.32. The van der Waals surface area contributed by atoms with Gasteiger partial charge in [-0.25, -0.2) is 0 Å². The summed E-state index contributed by atoms with van der Waals surface area (Å²) in [6.45, 7) is 16.4. The maximum Gasteiger partial charge on any atom is 0.214 e. The van der Waals surface area contributed by atoms with Crippen molar-refractivity contribution in [1.29, 1.82) is 0 Å². The normalized spacial score (nSPS) is 13.7. The molecule has 4 heteroatoms. The summed E-state index contributed by atoms with van der Waals surface area (Å²) in [7, 11) is 2.59. The van der Waals surface area contributed by atoms with Gasteiger partial charge in [-0.15, -0.1) is 5.47 Å². The fourth-order valence-electron chi connectivity index (χ4n) is 2.97. The van der Waals surface area contributed by atoms with Gasteiger partial charge in [0.05, 0.1) is 0 Å². The predicted molar refractivity (Wildman–Crippen MR) is 91.7 cm³/mol. The van der Waals surface area contributed by atoms with E-state index in [4.69, 9.17) is 4.43 Å². The van der Waals surface area contributed by atoms with Gasteiger partial charge in [-0.2, -0.15) is 0 Å². The molecule has 0 aliphatic heterocycles. The summed E-state index contributed by atoms with van der Waals surface area (Å²) in [5.41, 5.74) is 1.67. The lowest BCUT2D eigenvalue weighted by atomic mass is 9.40. The van der Waals surface area contributed by atoms with E-state index in [1.54, 1.807) is 10.7 Å². The van der Waals surface area contributed by atoms with Crippen LogP contribution < -0.4 is 0 Å². The van der Waals surface area contributed by atoms with E-state index < -0.39 is 8.32 Å². The summed E-state index contributed by atoms with van der Waals surface area (Å²) in [6.07, 6.45) is 3.65. The highest BCUT2D eigenvalue weighted by Crippen LogP contribution is 2.27. The Morgan fingerprint density at radius 3 is 1.89 bits per heavy atom. The van der Waals surface area contributed by atoms with Crippen LogP contribution >= 0.6 is 0 Å². The number of likely N-dealkylation sites (N-methyl/N-ethyl adjacent to an activating group) is 1. The van der Waals surface area contributed by atoms with E-state index in [1.165, 1.54) is 19.1 Å². The number of rotatable bonds is 9. The van der Waals surface area contributed by atoms with E-state index in [9.17, 15) is 0 Å². The summed E-state index contributed by atoms with van der Waals surface area (Å²) in [6, 6.07) is 0. The van der Waals surface area contributed by atoms with Crippen molar-refractivity contribution in [2.24, 2.45) is 0 Å². The smallest absolute Gasteiger partial charge is 0.214 e. The average Bonchev–Trinajstić information content (AvgIpc) is 2.33. The predicted octanol–water partition coefficient (Wildman–Crippen LogP) is 4.11. The van der Waals surface area contributed by atoms with Crippen LogP contribution in [-0.2, 0) is 4.43 Å². The minimum absolute atomic E-state index is 0.729. The van der Waals surface area contributed by atoms with Crippen LogP contribution in [0.5, 0.6) is 0 Å². The fraction of sp³-hybridized carbons (Fsp3) is 0.867. The SMILES string of the molecule is CCO[Si](C)(C)/C(CN(C)C)=C(\CC)B(CC)CC. The Labute approximate surface area is 122 Å². The van der Waals surface area contributed by atoms with Gasteiger partial charge < -0.3 is 9.33 Å². The maximum atomic E-state index is 6.17. The molecule has 0 N–H and O–H groups in total. The molecule has 112 valence electrons. The minimum Gasteiger partial charge on any atom is -0.414 e. The summed E-state index contributed by atoms with van der Waals surface area (Å²) < 4.78 is 6.17. The van der Waals surface area contributed by atoms with Gasteiger partial charge in [0.1, 0.15) is 0 Å². The molecule has 19 heavy (non-hydrogen) atoms. The maximum absolute atomic E-state index is 6.17. The first-order valence-electron chi connectivity index (χ1n) is 7.84. The van der Waals surface area contributed by atoms with Gasteiger partial charge in [0.25, 0.3) is 0 Å². The van der Waals surface area contributed by atoms with E-state index in [0.29, 0.717) is 0 Å². The lowest BCUT2D eigenvalue weighted by Crippen LogP contribution is -2.41. The van der Waals surface area contributed by atoms with Gasteiger partial charge in [-0.05, 0) is 40.5 Å². The molecule has 0 aromatic heterocycles. The number of hydrogen-bond acceptors (Lipinski definition) is 2. The highest BCUT2D eigenvalue weighted by Gasteiger charge is 2.32. The van der Waals surface area contributed by atoms with Gasteiger partial charge in [0, 0.05) is 13.2 Å². The second-order valence-corrected chi connectivity index (χ2v) is 9.96. The Morgan fingerprint density at radius 2 is 1.58 bits per heavy atom. The Morgan fingerprint density at radius 1 is 1.05 bits per heavy atom. The van der Waals surface area contributed by atoms with Crippen LogP contribution in [0.25, 0.3) is 0 Å². The van der Waals surface area contributed by atoms with E-state index in [0.717, 1.165) is 19.9 Å². The Kier molecular flexibility index (Phi) is 8.96. The van der Waals surface area contributed by atoms with Crippen LogP contribution in [0.2, 0.25) is 25.7 Å². The Hall–Kier alpha value is -0.0582. The molecule has 0 saturated heterocycles. The summed E-state index contributed by atoms with van der Waals surface area (Å²) in [4.78, 5) is 2.29. The van der Waals surface area contributed by atoms with Crippen LogP contribution in [0.15, 0.2) is 10.7 Å². The molecule has 0 spiro atoms. The molecule has 0 radical (unpaired) electrons. The first kappa shape index (κ1) is 18.9. The van der Waals surface area contributed by atoms with Gasteiger partial charge in [0.2, 0.25) is 8.32 Å². The molecule has 0 bridgehead atoms. The van der Waals surface area contributed by atoms with Crippen molar-refractivity contribution in [3.05, 3.63) is 10.7 Å². The van der Waals surface area contributed by atoms with Crippen molar-refractivity contribution < 1.29 is 4.43 Å². The molecular formula is C15H34BNOSi. The zero-order valence-electron chi connectivity index (χ0n) is 14.5. The molecule has 0 aliphatic rings. The molecule has 0 aliphatic carbocycles. The van der Waals surface area contributed by atoms with Crippen LogP contribution in [0, 0.1) is 0 Å². The molecule has 0 atom stereocenters. The highest BCUT2D eigenvalue weighted by atomic mass is 28.4. The van der Waals surface area contributed by atoms with Crippen molar-refractivity contribution in [1.82, 2.24) is 4.90 Å². The molecule has 0 rings (SSSR count). The van der Waals surface area contributed by atoms with Gasteiger partial charge in [0.15, 0.2) is 6.71 Å². The fourth-order valence-corrected chi connectivity index (χ4v) is 5.72. The third-order valence-corrected chi connectivity index (χ3v) is 6.90. The van der Waals surface area contributed by atoms with Crippen molar-refractivity contribution in [2.75, 3.05) is 27.2 Å². The van der Waals surface area contributed by atoms with Gasteiger partial charge in [-0.1, -0.05) is 38.6 Å². The second kappa shape index (κ2) is 8.98. The molecular weight excluding hydrogens is 249 g/mol. The van der Waals surface area contributed by atoms with Gasteiger partial charge in [-0.3, -0.25) is 0 Å². The second-order valence-electron chi connectivity index (χ2n) is 6.05. The monoisotopic (exact) mass is 283 g/mol. The van der Waals surface area contributed by atoms with Crippen molar-refractivity contribution in [2.45, 2.75) is 59.9 Å². The summed E-state index contributed by atoms with van der Waals surface area (Å²) in [5, 5.41) is 1.62.